The Hall–Kier alpha value is -0.820. The van der Waals surface area contributed by atoms with E-state index < -0.39 is 15.7 Å². The minimum absolute atomic E-state index is 0.0275. The van der Waals surface area contributed by atoms with Crippen LogP contribution < -0.4 is 0 Å². The first kappa shape index (κ1) is 17.2. The SMILES string of the molecule is CC(C)(C)OC(=O)N1CCCC[C@H](COS(C)(=O)=O)C1. The molecule has 7 heteroatoms. The summed E-state index contributed by atoms with van der Waals surface area (Å²) in [6.45, 7) is 6.72. The molecule has 1 amide bonds. The average Bonchev–Trinajstić information content (AvgIpc) is 2.48. The summed E-state index contributed by atoms with van der Waals surface area (Å²) in [7, 11) is -3.44. The van der Waals surface area contributed by atoms with Crippen LogP contribution in [0.25, 0.3) is 0 Å². The molecule has 0 N–H and O–H groups in total. The molecule has 20 heavy (non-hydrogen) atoms. The van der Waals surface area contributed by atoms with Crippen LogP contribution in [0.1, 0.15) is 40.0 Å². The lowest BCUT2D eigenvalue weighted by Gasteiger charge is -2.28. The normalized spacial score (nSPS) is 21.4. The Morgan fingerprint density at radius 1 is 1.30 bits per heavy atom. The van der Waals surface area contributed by atoms with Crippen molar-refractivity contribution >= 4 is 16.2 Å². The van der Waals surface area contributed by atoms with Gasteiger partial charge in [-0.3, -0.25) is 4.18 Å². The molecule has 0 saturated carbocycles. The molecule has 0 radical (unpaired) electrons. The van der Waals surface area contributed by atoms with Gasteiger partial charge in [0.15, 0.2) is 0 Å². The number of carbonyl (C=O) groups excluding carboxylic acids is 1. The van der Waals surface area contributed by atoms with Gasteiger partial charge in [-0.05, 0) is 33.6 Å². The number of hydrogen-bond donors (Lipinski definition) is 0. The molecular weight excluding hydrogens is 282 g/mol. The maximum atomic E-state index is 12.1. The molecule has 118 valence electrons. The summed E-state index contributed by atoms with van der Waals surface area (Å²) in [6.07, 6.45) is 3.40. The van der Waals surface area contributed by atoms with E-state index in [4.69, 9.17) is 8.92 Å². The zero-order chi connectivity index (χ0) is 15.4. The van der Waals surface area contributed by atoms with Crippen molar-refractivity contribution in [3.05, 3.63) is 0 Å². The smallest absolute Gasteiger partial charge is 0.410 e. The Morgan fingerprint density at radius 3 is 2.50 bits per heavy atom. The zero-order valence-corrected chi connectivity index (χ0v) is 13.5. The summed E-state index contributed by atoms with van der Waals surface area (Å²) in [5.74, 6) is 0.0275. The highest BCUT2D eigenvalue weighted by Gasteiger charge is 2.27. The number of hydrogen-bond acceptors (Lipinski definition) is 5. The third-order valence-corrected chi connectivity index (χ3v) is 3.50. The number of carbonyl (C=O) groups is 1. The fourth-order valence-corrected chi connectivity index (χ4v) is 2.52. The van der Waals surface area contributed by atoms with Crippen LogP contribution in [0.15, 0.2) is 0 Å². The molecule has 0 unspecified atom stereocenters. The monoisotopic (exact) mass is 307 g/mol. The van der Waals surface area contributed by atoms with Gasteiger partial charge in [-0.25, -0.2) is 4.79 Å². The molecule has 1 fully saturated rings. The number of amides is 1. The summed E-state index contributed by atoms with van der Waals surface area (Å²) >= 11 is 0. The van der Waals surface area contributed by atoms with E-state index in [0.717, 1.165) is 25.5 Å². The van der Waals surface area contributed by atoms with Crippen molar-refractivity contribution in [3.63, 3.8) is 0 Å². The van der Waals surface area contributed by atoms with Gasteiger partial charge in [-0.2, -0.15) is 8.42 Å². The van der Waals surface area contributed by atoms with Crippen LogP contribution in [0, 0.1) is 5.92 Å². The lowest BCUT2D eigenvalue weighted by atomic mass is 10.1. The van der Waals surface area contributed by atoms with Crippen LogP contribution in [0.2, 0.25) is 0 Å². The molecule has 0 aromatic rings. The second-order valence-electron chi connectivity index (χ2n) is 6.28. The summed E-state index contributed by atoms with van der Waals surface area (Å²) in [4.78, 5) is 13.7. The van der Waals surface area contributed by atoms with Crippen LogP contribution in [0.4, 0.5) is 4.79 Å². The lowest BCUT2D eigenvalue weighted by Crippen LogP contribution is -2.39. The van der Waals surface area contributed by atoms with Crippen LogP contribution in [0.3, 0.4) is 0 Å². The summed E-state index contributed by atoms with van der Waals surface area (Å²) in [5, 5.41) is 0. The molecule has 0 aliphatic carbocycles. The maximum absolute atomic E-state index is 12.1. The molecule has 1 rings (SSSR count). The van der Waals surface area contributed by atoms with E-state index in [1.807, 2.05) is 20.8 Å². The third kappa shape index (κ3) is 7.09. The minimum atomic E-state index is -3.44. The zero-order valence-electron chi connectivity index (χ0n) is 12.7. The van der Waals surface area contributed by atoms with Gasteiger partial charge in [-0.15, -0.1) is 0 Å². The van der Waals surface area contributed by atoms with E-state index in [1.54, 1.807) is 4.90 Å². The standard InChI is InChI=1S/C13H25NO5S/c1-13(2,3)19-12(15)14-8-6-5-7-11(9-14)10-18-20(4,16)17/h11H,5-10H2,1-4H3/t11-/m0/s1. The highest BCUT2D eigenvalue weighted by atomic mass is 32.2. The van der Waals surface area contributed by atoms with Gasteiger partial charge < -0.3 is 9.64 Å². The van der Waals surface area contributed by atoms with Gasteiger partial charge in [0.25, 0.3) is 10.1 Å². The topological polar surface area (TPSA) is 72.9 Å². The van der Waals surface area contributed by atoms with Crippen molar-refractivity contribution in [1.82, 2.24) is 4.90 Å². The Labute approximate surface area is 121 Å². The molecule has 1 heterocycles. The van der Waals surface area contributed by atoms with Crippen LogP contribution in [-0.2, 0) is 19.0 Å². The predicted molar refractivity (Wildman–Crippen MR) is 75.9 cm³/mol. The van der Waals surface area contributed by atoms with Crippen LogP contribution >= 0.6 is 0 Å². The quantitative estimate of drug-likeness (QED) is 0.746. The fraction of sp³-hybridized carbons (Fsp3) is 0.923. The minimum Gasteiger partial charge on any atom is -0.444 e. The first-order chi connectivity index (χ1) is 9.07. The highest BCUT2D eigenvalue weighted by molar-refractivity contribution is 7.85. The van der Waals surface area contributed by atoms with Gasteiger partial charge in [0.1, 0.15) is 5.60 Å². The Morgan fingerprint density at radius 2 is 1.95 bits per heavy atom. The molecule has 0 aromatic heterocycles. The number of nitrogens with zero attached hydrogens (tertiary/aromatic N) is 1. The number of rotatable bonds is 3. The molecule has 1 aliphatic heterocycles. The molecule has 0 aromatic carbocycles. The number of likely N-dealkylation sites (tertiary alicyclic amines) is 1. The molecule has 1 atom stereocenters. The maximum Gasteiger partial charge on any atom is 0.410 e. The van der Waals surface area contributed by atoms with E-state index >= 15 is 0 Å². The third-order valence-electron chi connectivity index (χ3n) is 2.94. The van der Waals surface area contributed by atoms with Crippen molar-refractivity contribution in [3.8, 4) is 0 Å². The van der Waals surface area contributed by atoms with Gasteiger partial charge >= 0.3 is 6.09 Å². The van der Waals surface area contributed by atoms with E-state index in [1.165, 1.54) is 0 Å². The van der Waals surface area contributed by atoms with Gasteiger partial charge in [0.2, 0.25) is 0 Å². The highest BCUT2D eigenvalue weighted by Crippen LogP contribution is 2.19. The van der Waals surface area contributed by atoms with Gasteiger partial charge in [0.05, 0.1) is 12.9 Å². The number of ether oxygens (including phenoxy) is 1. The Bertz CT molecular complexity index is 427. The molecular formula is C13H25NO5S. The van der Waals surface area contributed by atoms with E-state index in [-0.39, 0.29) is 18.6 Å². The van der Waals surface area contributed by atoms with Crippen LogP contribution in [-0.4, -0.2) is 51.0 Å². The van der Waals surface area contributed by atoms with Crippen molar-refractivity contribution in [1.29, 1.82) is 0 Å². The fourth-order valence-electron chi connectivity index (χ4n) is 2.08. The van der Waals surface area contributed by atoms with E-state index in [9.17, 15) is 13.2 Å². The molecule has 0 bridgehead atoms. The summed E-state index contributed by atoms with van der Waals surface area (Å²) < 4.78 is 32.3. The molecule has 6 nitrogen and oxygen atoms in total. The van der Waals surface area contributed by atoms with E-state index in [0.29, 0.717) is 13.1 Å². The Balaban J connectivity index is 2.58. The first-order valence-electron chi connectivity index (χ1n) is 6.89. The predicted octanol–water partition coefficient (Wildman–Crippen LogP) is 2.00. The second kappa shape index (κ2) is 6.76. The van der Waals surface area contributed by atoms with Crippen molar-refractivity contribution in [2.24, 2.45) is 5.92 Å². The van der Waals surface area contributed by atoms with Gasteiger partial charge in [-0.1, -0.05) is 6.42 Å². The summed E-state index contributed by atoms with van der Waals surface area (Å²) in [6, 6.07) is 0. The molecule has 0 spiro atoms. The molecule has 1 aliphatic rings. The first-order valence-corrected chi connectivity index (χ1v) is 8.71. The van der Waals surface area contributed by atoms with Crippen molar-refractivity contribution < 1.29 is 22.1 Å². The Kier molecular flexibility index (Phi) is 5.82. The van der Waals surface area contributed by atoms with Crippen LogP contribution in [0.5, 0.6) is 0 Å². The van der Waals surface area contributed by atoms with E-state index in [2.05, 4.69) is 0 Å². The lowest BCUT2D eigenvalue weighted by molar-refractivity contribution is 0.0223. The average molecular weight is 307 g/mol. The van der Waals surface area contributed by atoms with Crippen molar-refractivity contribution in [2.45, 2.75) is 45.6 Å². The largest absolute Gasteiger partial charge is 0.444 e. The van der Waals surface area contributed by atoms with Gasteiger partial charge in [0, 0.05) is 19.0 Å². The van der Waals surface area contributed by atoms with Crippen molar-refractivity contribution in [2.75, 3.05) is 26.0 Å². The molecule has 1 saturated heterocycles. The summed E-state index contributed by atoms with van der Waals surface area (Å²) in [5.41, 5.74) is -0.526. The second-order valence-corrected chi connectivity index (χ2v) is 7.92.